The van der Waals surface area contributed by atoms with Crippen molar-refractivity contribution in [2.45, 2.75) is 42.8 Å². The molecular weight excluding hydrogens is 456 g/mol. The molecule has 6 nitrogen and oxygen atoms in total. The first-order valence-electron chi connectivity index (χ1n) is 10.3. The number of nitrogens with zero attached hydrogens (tertiary/aromatic N) is 1. The molecule has 1 unspecified atom stereocenters. The summed E-state index contributed by atoms with van der Waals surface area (Å²) in [4.78, 5) is 16.6. The lowest BCUT2D eigenvalue weighted by Crippen LogP contribution is -2.30. The smallest absolute Gasteiger partial charge is 0.262 e. The molecule has 1 amide bonds. The number of thioether (sulfide) groups is 1. The summed E-state index contributed by atoms with van der Waals surface area (Å²) in [6.45, 7) is 2.22. The van der Waals surface area contributed by atoms with Crippen molar-refractivity contribution in [3.8, 4) is 0 Å². The Morgan fingerprint density at radius 1 is 1.12 bits per heavy atom. The first kappa shape index (κ1) is 24.2. The number of sulfonamides is 1. The van der Waals surface area contributed by atoms with E-state index in [4.69, 9.17) is 0 Å². The van der Waals surface area contributed by atoms with Gasteiger partial charge in [-0.25, -0.2) is 17.2 Å². The molecule has 0 aromatic heterocycles. The normalized spacial score (nSPS) is 15.4. The lowest BCUT2D eigenvalue weighted by atomic mass is 10.1. The van der Waals surface area contributed by atoms with Crippen molar-refractivity contribution in [3.63, 3.8) is 0 Å². The molecule has 0 radical (unpaired) electrons. The van der Waals surface area contributed by atoms with E-state index < -0.39 is 32.8 Å². The number of carbonyl (C=O) groups excluding carboxylic acids is 1. The van der Waals surface area contributed by atoms with Crippen molar-refractivity contribution in [2.75, 3.05) is 17.6 Å². The quantitative estimate of drug-likeness (QED) is 0.603. The number of amidine groups is 1. The topological polar surface area (TPSA) is 87.6 Å². The number of hydrogen-bond donors (Lipinski definition) is 2. The third-order valence-electron chi connectivity index (χ3n) is 4.93. The second-order valence-electron chi connectivity index (χ2n) is 7.41. The Hall–Kier alpha value is -2.46. The van der Waals surface area contributed by atoms with Crippen molar-refractivity contribution in [3.05, 3.63) is 59.7 Å². The van der Waals surface area contributed by atoms with Crippen LogP contribution in [0.5, 0.6) is 0 Å². The third kappa shape index (κ3) is 6.52. The molecule has 1 aliphatic rings. The third-order valence-corrected chi connectivity index (χ3v) is 7.47. The second-order valence-corrected chi connectivity index (χ2v) is 10.4. The highest BCUT2D eigenvalue weighted by Crippen LogP contribution is 2.32. The highest BCUT2D eigenvalue weighted by Gasteiger charge is 2.19. The van der Waals surface area contributed by atoms with E-state index in [9.17, 15) is 22.0 Å². The zero-order valence-corrected chi connectivity index (χ0v) is 19.2. The number of carbonyl (C=O) groups is 1. The van der Waals surface area contributed by atoms with Gasteiger partial charge in [0, 0.05) is 29.5 Å². The molecule has 3 rings (SSSR count). The monoisotopic (exact) mass is 481 g/mol. The van der Waals surface area contributed by atoms with Crippen molar-refractivity contribution in [1.82, 2.24) is 4.72 Å². The summed E-state index contributed by atoms with van der Waals surface area (Å²) in [5, 5.41) is 2.06. The summed E-state index contributed by atoms with van der Waals surface area (Å²) in [6.07, 6.45) is 3.40. The summed E-state index contributed by atoms with van der Waals surface area (Å²) in [6, 6.07) is 9.55. The second kappa shape index (κ2) is 10.9. The molecular formula is C22H25F2N3O3S2. The van der Waals surface area contributed by atoms with Crippen LogP contribution in [0.4, 0.5) is 14.5 Å². The molecule has 172 valence electrons. The van der Waals surface area contributed by atoms with E-state index in [0.717, 1.165) is 31.0 Å². The Kier molecular flexibility index (Phi) is 8.25. The number of anilines is 1. The highest BCUT2D eigenvalue weighted by atomic mass is 32.2. The Morgan fingerprint density at radius 2 is 1.84 bits per heavy atom. The molecule has 0 fully saturated rings. The predicted octanol–water partition coefficient (Wildman–Crippen LogP) is 4.65. The number of benzene rings is 2. The van der Waals surface area contributed by atoms with Crippen LogP contribution in [0.15, 0.2) is 52.4 Å². The lowest BCUT2D eigenvalue weighted by Gasteiger charge is -2.14. The molecule has 1 atom stereocenters. The summed E-state index contributed by atoms with van der Waals surface area (Å²) >= 11 is 1.08. The maximum atomic E-state index is 13.9. The SMILES string of the molecule is CC(SCC(=O)Nc1cccc(S(=O)(=O)NC2=NCCCCC2)c1)c1c(F)cccc1F. The summed E-state index contributed by atoms with van der Waals surface area (Å²) in [5.41, 5.74) is 0.233. The van der Waals surface area contributed by atoms with Gasteiger partial charge in [-0.3, -0.25) is 14.5 Å². The predicted molar refractivity (Wildman–Crippen MR) is 123 cm³/mol. The van der Waals surface area contributed by atoms with E-state index in [1.54, 1.807) is 13.0 Å². The molecule has 1 heterocycles. The molecule has 2 aromatic carbocycles. The Labute approximate surface area is 191 Å². The van der Waals surface area contributed by atoms with Crippen molar-refractivity contribution in [2.24, 2.45) is 4.99 Å². The van der Waals surface area contributed by atoms with E-state index in [1.165, 1.54) is 36.4 Å². The van der Waals surface area contributed by atoms with Gasteiger partial charge in [0.25, 0.3) is 10.0 Å². The van der Waals surface area contributed by atoms with Gasteiger partial charge in [-0.05, 0) is 50.1 Å². The first-order valence-corrected chi connectivity index (χ1v) is 12.8. The Bertz CT molecular complexity index is 1090. The van der Waals surface area contributed by atoms with Gasteiger partial charge >= 0.3 is 0 Å². The van der Waals surface area contributed by atoms with Gasteiger partial charge in [0.2, 0.25) is 5.91 Å². The van der Waals surface area contributed by atoms with Crippen LogP contribution in [-0.4, -0.2) is 32.5 Å². The number of amides is 1. The largest absolute Gasteiger partial charge is 0.325 e. The standard InChI is InChI=1S/C22H25F2N3O3S2/c1-15(22-18(23)9-6-10-19(22)24)31-14-21(28)26-16-7-5-8-17(13-16)32(29,30)27-20-11-3-2-4-12-25-20/h5-10,13,15H,2-4,11-12,14H2,1H3,(H,25,27)(H,26,28). The minimum absolute atomic E-state index is 0.0108. The van der Waals surface area contributed by atoms with E-state index in [2.05, 4.69) is 15.0 Å². The minimum Gasteiger partial charge on any atom is -0.325 e. The summed E-state index contributed by atoms with van der Waals surface area (Å²) in [7, 11) is -3.83. The molecule has 0 aliphatic carbocycles. The van der Waals surface area contributed by atoms with Crippen molar-refractivity contribution < 1.29 is 22.0 Å². The fourth-order valence-corrected chi connectivity index (χ4v) is 5.29. The van der Waals surface area contributed by atoms with E-state index in [1.807, 2.05) is 0 Å². The van der Waals surface area contributed by atoms with Gasteiger partial charge in [0.15, 0.2) is 0 Å². The van der Waals surface area contributed by atoms with Gasteiger partial charge in [0.05, 0.1) is 10.6 Å². The van der Waals surface area contributed by atoms with Gasteiger partial charge in [0.1, 0.15) is 17.5 Å². The molecule has 0 saturated heterocycles. The fraction of sp³-hybridized carbons (Fsp3) is 0.364. The van der Waals surface area contributed by atoms with Crippen LogP contribution in [0.1, 0.15) is 43.4 Å². The van der Waals surface area contributed by atoms with Crippen LogP contribution < -0.4 is 10.0 Å². The minimum atomic E-state index is -3.83. The average molecular weight is 482 g/mol. The fourth-order valence-electron chi connectivity index (χ4n) is 3.29. The summed E-state index contributed by atoms with van der Waals surface area (Å²) in [5.74, 6) is -1.33. The number of aliphatic imine (C=N–C) groups is 1. The lowest BCUT2D eigenvalue weighted by molar-refractivity contribution is -0.113. The van der Waals surface area contributed by atoms with Gasteiger partial charge in [-0.2, -0.15) is 0 Å². The number of nitrogens with one attached hydrogen (secondary N) is 2. The molecule has 32 heavy (non-hydrogen) atoms. The zero-order valence-electron chi connectivity index (χ0n) is 17.6. The first-order chi connectivity index (χ1) is 15.3. The van der Waals surface area contributed by atoms with Gasteiger partial charge in [-0.15, -0.1) is 11.8 Å². The van der Waals surface area contributed by atoms with Crippen molar-refractivity contribution in [1.29, 1.82) is 0 Å². The molecule has 2 aromatic rings. The van der Waals surface area contributed by atoms with Crippen LogP contribution in [0.2, 0.25) is 0 Å². The molecule has 1 aliphatic heterocycles. The maximum absolute atomic E-state index is 13.9. The Morgan fingerprint density at radius 3 is 2.59 bits per heavy atom. The van der Waals surface area contributed by atoms with Crippen LogP contribution in [0.25, 0.3) is 0 Å². The summed E-state index contributed by atoms with van der Waals surface area (Å²) < 4.78 is 55.7. The molecule has 0 saturated carbocycles. The molecule has 2 N–H and O–H groups in total. The number of rotatable bonds is 7. The van der Waals surface area contributed by atoms with E-state index in [-0.39, 0.29) is 16.2 Å². The van der Waals surface area contributed by atoms with E-state index >= 15 is 0 Å². The van der Waals surface area contributed by atoms with Crippen molar-refractivity contribution >= 4 is 39.2 Å². The van der Waals surface area contributed by atoms with Gasteiger partial charge < -0.3 is 5.32 Å². The molecule has 10 heteroatoms. The van der Waals surface area contributed by atoms with Crippen LogP contribution in [0.3, 0.4) is 0 Å². The number of halogens is 2. The molecule has 0 bridgehead atoms. The van der Waals surface area contributed by atoms with E-state index in [0.29, 0.717) is 24.5 Å². The average Bonchev–Trinajstić information content (AvgIpc) is 3.00. The van der Waals surface area contributed by atoms with Crippen LogP contribution in [0, 0.1) is 11.6 Å². The Balaban J connectivity index is 1.61. The maximum Gasteiger partial charge on any atom is 0.262 e. The zero-order chi connectivity index (χ0) is 23.1. The van der Waals surface area contributed by atoms with Gasteiger partial charge in [-0.1, -0.05) is 18.6 Å². The van der Waals surface area contributed by atoms with Crippen LogP contribution >= 0.6 is 11.8 Å². The molecule has 0 spiro atoms. The number of hydrogen-bond acceptors (Lipinski definition) is 5. The van der Waals surface area contributed by atoms with Crippen LogP contribution in [-0.2, 0) is 14.8 Å². The highest BCUT2D eigenvalue weighted by molar-refractivity contribution is 8.00.